The van der Waals surface area contributed by atoms with E-state index in [1.54, 1.807) is 6.08 Å². The van der Waals surface area contributed by atoms with Gasteiger partial charge in [0.2, 0.25) is 10.0 Å². The van der Waals surface area contributed by atoms with Gasteiger partial charge < -0.3 is 4.90 Å². The molecule has 0 aliphatic carbocycles. The van der Waals surface area contributed by atoms with E-state index < -0.39 is 10.0 Å². The van der Waals surface area contributed by atoms with E-state index in [9.17, 15) is 8.42 Å². The second-order valence-corrected chi connectivity index (χ2v) is 9.52. The average molecular weight is 435 g/mol. The summed E-state index contributed by atoms with van der Waals surface area (Å²) >= 11 is 0. The van der Waals surface area contributed by atoms with Crippen LogP contribution in [0.5, 0.6) is 0 Å². The zero-order valence-corrected chi connectivity index (χ0v) is 18.6. The Hall–Kier alpha value is -3.03. The predicted molar refractivity (Wildman–Crippen MR) is 125 cm³/mol. The van der Waals surface area contributed by atoms with Gasteiger partial charge in [-0.25, -0.2) is 18.4 Å². The van der Waals surface area contributed by atoms with Crippen LogP contribution in [-0.2, 0) is 10.0 Å². The Balaban J connectivity index is 1.46. The summed E-state index contributed by atoms with van der Waals surface area (Å²) in [6, 6.07) is 19.6. The van der Waals surface area contributed by atoms with Crippen LogP contribution < -0.4 is 4.90 Å². The zero-order valence-electron chi connectivity index (χ0n) is 17.8. The first-order chi connectivity index (χ1) is 14.9. The molecule has 1 fully saturated rings. The molecule has 0 atom stereocenters. The summed E-state index contributed by atoms with van der Waals surface area (Å²) in [4.78, 5) is 11.5. The Morgan fingerprint density at radius 1 is 0.871 bits per heavy atom. The number of piperazine rings is 1. The first kappa shape index (κ1) is 21.2. The smallest absolute Gasteiger partial charge is 0.236 e. The Morgan fingerprint density at radius 2 is 1.55 bits per heavy atom. The minimum absolute atomic E-state index is 0.421. The number of sulfonamides is 1. The van der Waals surface area contributed by atoms with Crippen LogP contribution in [0.2, 0.25) is 0 Å². The summed E-state index contributed by atoms with van der Waals surface area (Å²) in [6.45, 7) is 6.02. The van der Waals surface area contributed by atoms with Gasteiger partial charge in [-0.3, -0.25) is 0 Å². The maximum atomic E-state index is 12.7. The number of rotatable bonds is 5. The summed E-state index contributed by atoms with van der Waals surface area (Å²) in [6.07, 6.45) is 1.64. The van der Waals surface area contributed by atoms with Crippen LogP contribution in [0, 0.1) is 13.8 Å². The van der Waals surface area contributed by atoms with Crippen LogP contribution in [0.1, 0.15) is 16.8 Å². The molecule has 3 aromatic rings. The lowest BCUT2D eigenvalue weighted by atomic mass is 10.1. The van der Waals surface area contributed by atoms with Crippen LogP contribution in [-0.4, -0.2) is 48.9 Å². The highest BCUT2D eigenvalue weighted by atomic mass is 32.2. The fraction of sp³-hybridized carbons (Fsp3) is 0.250. The molecule has 1 saturated heterocycles. The van der Waals surface area contributed by atoms with Crippen molar-refractivity contribution in [3.63, 3.8) is 0 Å². The Morgan fingerprint density at radius 3 is 2.23 bits per heavy atom. The Labute approximate surface area is 183 Å². The number of benzene rings is 2. The number of aromatic nitrogens is 2. The predicted octanol–water partition coefficient (Wildman–Crippen LogP) is 3.88. The molecule has 2 aromatic carbocycles. The fourth-order valence-corrected chi connectivity index (χ4v) is 4.71. The largest absolute Gasteiger partial charge is 0.354 e. The summed E-state index contributed by atoms with van der Waals surface area (Å²) < 4.78 is 27.0. The third-order valence-electron chi connectivity index (χ3n) is 5.31. The summed E-state index contributed by atoms with van der Waals surface area (Å²) in [5.41, 5.74) is 3.92. The molecule has 2 heterocycles. The minimum atomic E-state index is -3.46. The molecule has 4 rings (SSSR count). The van der Waals surface area contributed by atoms with Gasteiger partial charge in [0.15, 0.2) is 5.82 Å². The SMILES string of the molecule is Cc1ccc(-c2nc(C)cc(N3CCN(S(=O)(=O)/C=C/c4ccccc4)CC3)n2)cc1. The van der Waals surface area contributed by atoms with Gasteiger partial charge in [-0.2, -0.15) is 4.31 Å². The molecule has 0 amide bonds. The van der Waals surface area contributed by atoms with E-state index in [0.29, 0.717) is 32.0 Å². The van der Waals surface area contributed by atoms with E-state index in [2.05, 4.69) is 16.8 Å². The second-order valence-electron chi connectivity index (χ2n) is 7.70. The summed E-state index contributed by atoms with van der Waals surface area (Å²) in [5.74, 6) is 1.52. The number of aryl methyl sites for hydroxylation is 2. The van der Waals surface area contributed by atoms with Gasteiger partial charge in [0.25, 0.3) is 0 Å². The number of hydrogen-bond donors (Lipinski definition) is 0. The second kappa shape index (κ2) is 8.99. The third-order valence-corrected chi connectivity index (χ3v) is 6.87. The van der Waals surface area contributed by atoms with Crippen LogP contribution in [0.4, 0.5) is 5.82 Å². The highest BCUT2D eigenvalue weighted by molar-refractivity contribution is 7.92. The average Bonchev–Trinajstić information content (AvgIpc) is 2.79. The quantitative estimate of drug-likeness (QED) is 0.610. The highest BCUT2D eigenvalue weighted by Crippen LogP contribution is 2.22. The van der Waals surface area contributed by atoms with E-state index in [-0.39, 0.29) is 0 Å². The van der Waals surface area contributed by atoms with Crippen LogP contribution in [0.15, 0.2) is 66.1 Å². The van der Waals surface area contributed by atoms with E-state index in [0.717, 1.165) is 22.6 Å². The molecule has 1 aromatic heterocycles. The van der Waals surface area contributed by atoms with Crippen molar-refractivity contribution in [2.45, 2.75) is 13.8 Å². The van der Waals surface area contributed by atoms with Gasteiger partial charge in [-0.05, 0) is 25.5 Å². The van der Waals surface area contributed by atoms with Gasteiger partial charge in [0, 0.05) is 48.9 Å². The number of hydrogen-bond acceptors (Lipinski definition) is 5. The lowest BCUT2D eigenvalue weighted by molar-refractivity contribution is 0.389. The molecule has 0 bridgehead atoms. The van der Waals surface area contributed by atoms with Crippen molar-refractivity contribution in [3.05, 3.63) is 82.9 Å². The summed E-state index contributed by atoms with van der Waals surface area (Å²) in [7, 11) is -3.46. The minimum Gasteiger partial charge on any atom is -0.354 e. The molecular weight excluding hydrogens is 408 g/mol. The van der Waals surface area contributed by atoms with Gasteiger partial charge in [0.05, 0.1) is 0 Å². The zero-order chi connectivity index (χ0) is 21.8. The van der Waals surface area contributed by atoms with Crippen LogP contribution in [0.3, 0.4) is 0 Å². The van der Waals surface area contributed by atoms with Crippen molar-refractivity contribution in [1.82, 2.24) is 14.3 Å². The van der Waals surface area contributed by atoms with E-state index >= 15 is 0 Å². The number of anilines is 1. The maximum Gasteiger partial charge on any atom is 0.236 e. The molecule has 1 aliphatic rings. The van der Waals surface area contributed by atoms with Crippen LogP contribution in [0.25, 0.3) is 17.5 Å². The molecule has 0 N–H and O–H groups in total. The normalized spacial score (nSPS) is 15.5. The number of nitrogens with zero attached hydrogens (tertiary/aromatic N) is 4. The van der Waals surface area contributed by atoms with E-state index in [1.165, 1.54) is 15.3 Å². The van der Waals surface area contributed by atoms with Crippen molar-refractivity contribution < 1.29 is 8.42 Å². The van der Waals surface area contributed by atoms with Crippen molar-refractivity contribution in [3.8, 4) is 11.4 Å². The van der Waals surface area contributed by atoms with Gasteiger partial charge >= 0.3 is 0 Å². The molecule has 6 nitrogen and oxygen atoms in total. The Kier molecular flexibility index (Phi) is 6.15. The Bertz CT molecular complexity index is 1170. The lowest BCUT2D eigenvalue weighted by Crippen LogP contribution is -2.48. The molecule has 0 saturated carbocycles. The molecule has 160 valence electrons. The van der Waals surface area contributed by atoms with Crippen molar-refractivity contribution in [2.24, 2.45) is 0 Å². The lowest BCUT2D eigenvalue weighted by Gasteiger charge is -2.34. The molecular formula is C24H26N4O2S. The van der Waals surface area contributed by atoms with Crippen molar-refractivity contribution >= 4 is 21.9 Å². The molecule has 31 heavy (non-hydrogen) atoms. The maximum absolute atomic E-state index is 12.7. The first-order valence-corrected chi connectivity index (χ1v) is 11.8. The van der Waals surface area contributed by atoms with E-state index in [4.69, 9.17) is 4.98 Å². The third kappa shape index (κ3) is 5.18. The highest BCUT2D eigenvalue weighted by Gasteiger charge is 2.26. The fourth-order valence-electron chi connectivity index (χ4n) is 3.53. The topological polar surface area (TPSA) is 66.4 Å². The van der Waals surface area contributed by atoms with Crippen molar-refractivity contribution in [2.75, 3.05) is 31.1 Å². The van der Waals surface area contributed by atoms with Crippen molar-refractivity contribution in [1.29, 1.82) is 0 Å². The van der Waals surface area contributed by atoms with Gasteiger partial charge in [-0.15, -0.1) is 0 Å². The summed E-state index contributed by atoms with van der Waals surface area (Å²) in [5, 5.41) is 1.29. The molecule has 7 heteroatoms. The molecule has 0 spiro atoms. The van der Waals surface area contributed by atoms with E-state index in [1.807, 2.05) is 67.6 Å². The first-order valence-electron chi connectivity index (χ1n) is 10.3. The van der Waals surface area contributed by atoms with Crippen LogP contribution >= 0.6 is 0 Å². The van der Waals surface area contributed by atoms with Gasteiger partial charge in [0.1, 0.15) is 5.82 Å². The monoisotopic (exact) mass is 434 g/mol. The molecule has 1 aliphatic heterocycles. The molecule has 0 unspecified atom stereocenters. The standard InChI is InChI=1S/C24H26N4O2S/c1-19-8-10-22(11-9-19)24-25-20(2)18-23(26-24)27-13-15-28(16-14-27)31(29,30)17-12-21-6-4-3-5-7-21/h3-12,17-18H,13-16H2,1-2H3/b17-12+. The van der Waals surface area contributed by atoms with Gasteiger partial charge in [-0.1, -0.05) is 60.2 Å². The molecule has 0 radical (unpaired) electrons.